The Hall–Kier alpha value is -5.80. The number of unbranched alkanes of at least 4 members (excludes halogenated alkanes) is 1. The minimum absolute atomic E-state index is 0.0224. The number of nitrogens with zero attached hydrogens (tertiary/aromatic N) is 3. The van der Waals surface area contributed by atoms with Gasteiger partial charge < -0.3 is 15.7 Å². The largest absolute Gasteiger partial charge is 0.480 e. The Morgan fingerprint density at radius 1 is 0.857 bits per heavy atom. The number of ketones is 1. The number of H-pyrrole nitrogens is 1. The molecule has 3 atom stereocenters. The number of aromatic amines is 1. The number of hydrogen-bond acceptors (Lipinski definition) is 10. The van der Waals surface area contributed by atoms with Crippen molar-refractivity contribution in [2.24, 2.45) is 5.92 Å². The SMILES string of the molecule is CCCCC(=O)C(NC(CNC(=O)CNC(=O)C(Cc1ccccc1)C(=O)NO)C(=O)O)c1ccc(-c2ccccc2-c2nn[nH]n2)cc1. The highest BCUT2D eigenvalue weighted by atomic mass is 16.5. The van der Waals surface area contributed by atoms with Crippen LogP contribution in [0.2, 0.25) is 0 Å². The molecule has 0 aliphatic carbocycles. The topological polar surface area (TPSA) is 228 Å². The summed E-state index contributed by atoms with van der Waals surface area (Å²) < 4.78 is 0. The van der Waals surface area contributed by atoms with Gasteiger partial charge in [0.1, 0.15) is 12.0 Å². The van der Waals surface area contributed by atoms with Crippen molar-refractivity contribution >= 4 is 29.5 Å². The van der Waals surface area contributed by atoms with Crippen molar-refractivity contribution in [3.63, 3.8) is 0 Å². The molecule has 4 rings (SSSR count). The standard InChI is InChI=1S/C34H38N8O7/c1-2-3-13-28(43)30(23-16-14-22(15-17-23)24-11-7-8-12-25(24)31-38-41-42-39-31)37-27(34(47)48)19-35-29(44)20-36-32(45)26(33(46)40-49)18-21-9-5-4-6-10-21/h4-12,14-17,26-27,30,37,49H,2-3,13,18-20H2,1H3,(H,35,44)(H,36,45)(H,40,46)(H,47,48)(H,38,39,41,42). The third kappa shape index (κ3) is 10.1. The first-order valence-corrected chi connectivity index (χ1v) is 15.7. The van der Waals surface area contributed by atoms with Gasteiger partial charge in [-0.2, -0.15) is 5.21 Å². The summed E-state index contributed by atoms with van der Waals surface area (Å²) >= 11 is 0. The third-order valence-corrected chi connectivity index (χ3v) is 7.79. The molecule has 3 unspecified atom stereocenters. The molecule has 7 N–H and O–H groups in total. The Morgan fingerprint density at radius 2 is 1.55 bits per heavy atom. The van der Waals surface area contributed by atoms with Crippen LogP contribution in [0.25, 0.3) is 22.5 Å². The average molecular weight is 671 g/mol. The second-order valence-corrected chi connectivity index (χ2v) is 11.2. The first-order valence-electron chi connectivity index (χ1n) is 15.7. The van der Waals surface area contributed by atoms with Gasteiger partial charge in [-0.25, -0.2) is 5.48 Å². The number of carboxylic acids is 1. The molecule has 1 heterocycles. The molecule has 0 saturated carbocycles. The maximum atomic E-state index is 13.3. The Morgan fingerprint density at radius 3 is 2.18 bits per heavy atom. The Bertz CT molecular complexity index is 1720. The molecule has 0 aliphatic rings. The zero-order valence-electron chi connectivity index (χ0n) is 26.8. The van der Waals surface area contributed by atoms with E-state index in [9.17, 15) is 29.1 Å². The highest BCUT2D eigenvalue weighted by Gasteiger charge is 2.29. The molecular weight excluding hydrogens is 632 g/mol. The van der Waals surface area contributed by atoms with Crippen LogP contribution in [0.1, 0.15) is 43.4 Å². The van der Waals surface area contributed by atoms with Crippen molar-refractivity contribution in [2.45, 2.75) is 44.7 Å². The van der Waals surface area contributed by atoms with Crippen LogP contribution in [0.3, 0.4) is 0 Å². The van der Waals surface area contributed by atoms with Gasteiger partial charge in [-0.1, -0.05) is 92.2 Å². The van der Waals surface area contributed by atoms with Crippen LogP contribution in [0.5, 0.6) is 0 Å². The van der Waals surface area contributed by atoms with Crippen LogP contribution in [0.4, 0.5) is 0 Å². The maximum Gasteiger partial charge on any atom is 0.322 e. The molecule has 1 aromatic heterocycles. The van der Waals surface area contributed by atoms with E-state index >= 15 is 0 Å². The van der Waals surface area contributed by atoms with Crippen LogP contribution in [-0.4, -0.2) is 79.5 Å². The molecule has 49 heavy (non-hydrogen) atoms. The number of carbonyl (C=O) groups is 5. The van der Waals surface area contributed by atoms with E-state index in [1.807, 2.05) is 43.3 Å². The van der Waals surface area contributed by atoms with Gasteiger partial charge in [-0.15, -0.1) is 10.2 Å². The van der Waals surface area contributed by atoms with E-state index in [2.05, 4.69) is 36.6 Å². The van der Waals surface area contributed by atoms with Crippen LogP contribution in [0.15, 0.2) is 78.9 Å². The first-order chi connectivity index (χ1) is 23.7. The van der Waals surface area contributed by atoms with Gasteiger partial charge in [0, 0.05) is 18.5 Å². The van der Waals surface area contributed by atoms with Gasteiger partial charge in [0.15, 0.2) is 5.78 Å². The fourth-order valence-electron chi connectivity index (χ4n) is 5.15. The molecule has 3 aromatic carbocycles. The van der Waals surface area contributed by atoms with Crippen molar-refractivity contribution in [2.75, 3.05) is 13.1 Å². The van der Waals surface area contributed by atoms with Crippen LogP contribution < -0.4 is 21.4 Å². The quantitative estimate of drug-likeness (QED) is 0.0460. The summed E-state index contributed by atoms with van der Waals surface area (Å²) in [5.74, 6) is -4.87. The van der Waals surface area contributed by atoms with E-state index in [1.165, 1.54) is 5.48 Å². The zero-order chi connectivity index (χ0) is 35.2. The molecule has 15 nitrogen and oxygen atoms in total. The van der Waals surface area contributed by atoms with Crippen molar-refractivity contribution in [1.29, 1.82) is 0 Å². The van der Waals surface area contributed by atoms with E-state index < -0.39 is 54.8 Å². The summed E-state index contributed by atoms with van der Waals surface area (Å²) in [5.41, 5.74) is 5.07. The lowest BCUT2D eigenvalue weighted by Crippen LogP contribution is -2.51. The van der Waals surface area contributed by atoms with E-state index in [4.69, 9.17) is 5.21 Å². The Kier molecular flexibility index (Phi) is 13.2. The molecule has 4 aromatic rings. The number of amides is 3. The van der Waals surface area contributed by atoms with E-state index in [-0.39, 0.29) is 18.6 Å². The van der Waals surface area contributed by atoms with Crippen molar-refractivity contribution in [3.05, 3.63) is 90.0 Å². The van der Waals surface area contributed by atoms with Gasteiger partial charge in [-0.3, -0.25) is 34.5 Å². The minimum atomic E-state index is -1.36. The van der Waals surface area contributed by atoms with E-state index in [0.29, 0.717) is 23.4 Å². The lowest BCUT2D eigenvalue weighted by molar-refractivity contribution is -0.142. The maximum absolute atomic E-state index is 13.3. The molecule has 15 heteroatoms. The predicted molar refractivity (Wildman–Crippen MR) is 176 cm³/mol. The molecule has 0 saturated heterocycles. The van der Waals surface area contributed by atoms with Crippen LogP contribution in [-0.2, 0) is 30.4 Å². The number of hydroxylamine groups is 1. The molecule has 0 fully saturated rings. The smallest absolute Gasteiger partial charge is 0.322 e. The normalized spacial score (nSPS) is 12.7. The number of aliphatic carboxylic acids is 1. The third-order valence-electron chi connectivity index (χ3n) is 7.79. The van der Waals surface area contributed by atoms with Crippen molar-refractivity contribution < 1.29 is 34.3 Å². The number of rotatable bonds is 18. The number of Topliss-reactive ketones (excluding diaryl/α,β-unsaturated/α-hetero) is 1. The molecule has 256 valence electrons. The Labute approximate surface area is 281 Å². The van der Waals surface area contributed by atoms with Crippen molar-refractivity contribution in [3.8, 4) is 22.5 Å². The highest BCUT2D eigenvalue weighted by Crippen LogP contribution is 2.31. The summed E-state index contributed by atoms with van der Waals surface area (Å²) in [7, 11) is 0. The average Bonchev–Trinajstić information content (AvgIpc) is 3.67. The van der Waals surface area contributed by atoms with Gasteiger partial charge in [-0.05, 0) is 40.3 Å². The fraction of sp³-hybridized carbons (Fsp3) is 0.294. The summed E-state index contributed by atoms with van der Waals surface area (Å²) in [6, 6.07) is 20.9. The summed E-state index contributed by atoms with van der Waals surface area (Å²) in [4.78, 5) is 63.1. The highest BCUT2D eigenvalue weighted by molar-refractivity contribution is 6.01. The number of benzene rings is 3. The lowest BCUT2D eigenvalue weighted by Gasteiger charge is -2.24. The lowest BCUT2D eigenvalue weighted by atomic mass is 9.94. The van der Waals surface area contributed by atoms with Gasteiger partial charge in [0.2, 0.25) is 17.6 Å². The van der Waals surface area contributed by atoms with Gasteiger partial charge in [0.25, 0.3) is 5.91 Å². The van der Waals surface area contributed by atoms with Crippen LogP contribution in [0, 0.1) is 5.92 Å². The first kappa shape index (κ1) is 36.0. The predicted octanol–water partition coefficient (Wildman–Crippen LogP) is 1.97. The van der Waals surface area contributed by atoms with E-state index in [0.717, 1.165) is 23.1 Å². The molecule has 0 radical (unpaired) electrons. The van der Waals surface area contributed by atoms with Crippen molar-refractivity contribution in [1.82, 2.24) is 42.1 Å². The Balaban J connectivity index is 1.42. The molecule has 0 spiro atoms. The second-order valence-electron chi connectivity index (χ2n) is 11.2. The monoisotopic (exact) mass is 670 g/mol. The fourth-order valence-corrected chi connectivity index (χ4v) is 5.15. The summed E-state index contributed by atoms with van der Waals surface area (Å²) in [6.45, 7) is 0.989. The number of carbonyl (C=O) groups excluding carboxylic acids is 4. The van der Waals surface area contributed by atoms with Gasteiger partial charge >= 0.3 is 5.97 Å². The number of tetrazole rings is 1. The molecular formula is C34H38N8O7. The number of hydrogen-bond donors (Lipinski definition) is 7. The summed E-state index contributed by atoms with van der Waals surface area (Å²) in [6.07, 6.45) is 1.57. The number of aromatic nitrogens is 4. The zero-order valence-corrected chi connectivity index (χ0v) is 26.8. The molecule has 0 bridgehead atoms. The number of carboxylic acid groups (broad SMARTS) is 1. The molecule has 0 aliphatic heterocycles. The van der Waals surface area contributed by atoms with Crippen LogP contribution >= 0.6 is 0 Å². The summed E-state index contributed by atoms with van der Waals surface area (Å²) in [5, 5.41) is 41.0. The van der Waals surface area contributed by atoms with E-state index in [1.54, 1.807) is 42.5 Å². The second kappa shape index (κ2) is 17.9. The number of nitrogens with one attached hydrogen (secondary N) is 5. The van der Waals surface area contributed by atoms with Gasteiger partial charge in [0.05, 0.1) is 12.6 Å². The molecule has 3 amide bonds. The minimum Gasteiger partial charge on any atom is -0.480 e.